The normalized spacial score (nSPS) is 12.8. The molecule has 9 nitrogen and oxygen atoms in total. The van der Waals surface area contributed by atoms with Crippen molar-refractivity contribution >= 4 is 11.6 Å². The lowest BCUT2D eigenvalue weighted by Crippen LogP contribution is -2.21. The Balaban J connectivity index is 1.74. The van der Waals surface area contributed by atoms with Gasteiger partial charge in [-0.2, -0.15) is 0 Å². The van der Waals surface area contributed by atoms with Crippen molar-refractivity contribution in [3.63, 3.8) is 0 Å². The minimum atomic E-state index is -0.851. The fourth-order valence-electron chi connectivity index (χ4n) is 3.76. The summed E-state index contributed by atoms with van der Waals surface area (Å²) in [6.45, 7) is 1.58. The first kappa shape index (κ1) is 22.1. The van der Waals surface area contributed by atoms with E-state index >= 15 is 0 Å². The Bertz CT molecular complexity index is 1250. The van der Waals surface area contributed by atoms with Gasteiger partial charge in [0.1, 0.15) is 17.3 Å². The van der Waals surface area contributed by atoms with Crippen LogP contribution in [0.25, 0.3) is 0 Å². The van der Waals surface area contributed by atoms with Gasteiger partial charge in [0.25, 0.3) is 0 Å². The van der Waals surface area contributed by atoms with Crippen molar-refractivity contribution in [1.82, 2.24) is 0 Å². The second-order valence-electron chi connectivity index (χ2n) is 7.44. The molecule has 172 valence electrons. The molecule has 9 heteroatoms. The number of fused-ring (bicyclic) bond motifs is 1. The van der Waals surface area contributed by atoms with Gasteiger partial charge in [0.05, 0.1) is 19.8 Å². The number of aromatic hydroxyl groups is 1. The van der Waals surface area contributed by atoms with Gasteiger partial charge in [-0.15, -0.1) is 0 Å². The van der Waals surface area contributed by atoms with E-state index in [1.54, 1.807) is 43.3 Å². The van der Waals surface area contributed by atoms with Crippen LogP contribution in [0.3, 0.4) is 0 Å². The van der Waals surface area contributed by atoms with E-state index < -0.39 is 11.5 Å². The minimum absolute atomic E-state index is 0.0219. The highest BCUT2D eigenvalue weighted by molar-refractivity contribution is 5.91. The van der Waals surface area contributed by atoms with E-state index in [0.29, 0.717) is 34.2 Å². The van der Waals surface area contributed by atoms with E-state index in [-0.39, 0.29) is 36.2 Å². The highest BCUT2D eigenvalue weighted by Crippen LogP contribution is 2.45. The van der Waals surface area contributed by atoms with Crippen LogP contribution in [0.5, 0.6) is 28.7 Å². The van der Waals surface area contributed by atoms with Crippen molar-refractivity contribution in [2.24, 2.45) is 0 Å². The number of benzene rings is 2. The van der Waals surface area contributed by atoms with Crippen LogP contribution in [0.4, 0.5) is 5.69 Å². The molecule has 0 spiro atoms. The third kappa shape index (κ3) is 4.57. The molecule has 1 aliphatic rings. The van der Waals surface area contributed by atoms with E-state index in [0.717, 1.165) is 0 Å². The Labute approximate surface area is 189 Å². The number of carbonyl (C=O) groups is 1. The lowest BCUT2D eigenvalue weighted by molar-refractivity contribution is -0.116. The molecule has 33 heavy (non-hydrogen) atoms. The molecule has 0 aliphatic carbocycles. The SMILES string of the molecule is COc1cccc(NC(=O)CC(c2cc(OC)c3c(c2)OCO3)c2c(O)cc(C)oc2=O)c1. The molecule has 0 fully saturated rings. The van der Waals surface area contributed by atoms with Crippen LogP contribution in [0.1, 0.15) is 29.2 Å². The monoisotopic (exact) mass is 453 g/mol. The summed E-state index contributed by atoms with van der Waals surface area (Å²) >= 11 is 0. The Morgan fingerprint density at radius 2 is 1.97 bits per heavy atom. The molecule has 1 aromatic heterocycles. The van der Waals surface area contributed by atoms with Gasteiger partial charge in [-0.25, -0.2) is 4.79 Å². The fourth-order valence-corrected chi connectivity index (χ4v) is 3.76. The summed E-state index contributed by atoms with van der Waals surface area (Å²) in [5.41, 5.74) is 0.274. The van der Waals surface area contributed by atoms with Crippen molar-refractivity contribution in [3.05, 3.63) is 69.8 Å². The minimum Gasteiger partial charge on any atom is -0.507 e. The van der Waals surface area contributed by atoms with Crippen LogP contribution in [0.2, 0.25) is 0 Å². The highest BCUT2D eigenvalue weighted by Gasteiger charge is 2.29. The molecule has 0 bridgehead atoms. The van der Waals surface area contributed by atoms with E-state index in [4.69, 9.17) is 23.4 Å². The summed E-state index contributed by atoms with van der Waals surface area (Å²) in [4.78, 5) is 25.7. The average Bonchev–Trinajstić information content (AvgIpc) is 3.26. The summed E-state index contributed by atoms with van der Waals surface area (Å²) in [6.07, 6.45) is -0.165. The van der Waals surface area contributed by atoms with Crippen LogP contribution in [-0.4, -0.2) is 32.0 Å². The molecule has 3 aromatic rings. The van der Waals surface area contributed by atoms with Crippen molar-refractivity contribution in [2.45, 2.75) is 19.3 Å². The van der Waals surface area contributed by atoms with Gasteiger partial charge in [-0.1, -0.05) is 6.07 Å². The third-order valence-corrected chi connectivity index (χ3v) is 5.26. The Morgan fingerprint density at radius 1 is 1.15 bits per heavy atom. The second-order valence-corrected chi connectivity index (χ2v) is 7.44. The molecule has 1 aliphatic heterocycles. The van der Waals surface area contributed by atoms with Gasteiger partial charge in [-0.05, 0) is 36.8 Å². The molecule has 2 aromatic carbocycles. The number of nitrogens with one attached hydrogen (secondary N) is 1. The number of ether oxygens (including phenoxy) is 4. The van der Waals surface area contributed by atoms with Crippen LogP contribution < -0.4 is 29.9 Å². The first-order valence-corrected chi connectivity index (χ1v) is 10.1. The highest BCUT2D eigenvalue weighted by atomic mass is 16.7. The van der Waals surface area contributed by atoms with Crippen molar-refractivity contribution in [1.29, 1.82) is 0 Å². The summed E-state index contributed by atoms with van der Waals surface area (Å²) in [6, 6.07) is 11.5. The Hall–Kier alpha value is -4.14. The zero-order valence-electron chi connectivity index (χ0n) is 18.3. The summed E-state index contributed by atoms with van der Waals surface area (Å²) in [5, 5.41) is 13.4. The van der Waals surface area contributed by atoms with Gasteiger partial charge in [-0.3, -0.25) is 4.79 Å². The van der Waals surface area contributed by atoms with Crippen LogP contribution in [-0.2, 0) is 4.79 Å². The first-order chi connectivity index (χ1) is 15.9. The lowest BCUT2D eigenvalue weighted by atomic mass is 9.88. The molecular weight excluding hydrogens is 430 g/mol. The number of amides is 1. The standard InChI is InChI=1S/C24H23NO8/c1-13-7-18(26)22(24(28)33-13)17(11-21(27)25-15-5-4-6-16(10-15)29-2)14-8-19(30-3)23-20(9-14)31-12-32-23/h4-10,17,26H,11-12H2,1-3H3,(H,25,27). The fraction of sp³-hybridized carbons (Fsp3) is 0.250. The Morgan fingerprint density at radius 3 is 2.70 bits per heavy atom. The predicted molar refractivity (Wildman–Crippen MR) is 119 cm³/mol. The van der Waals surface area contributed by atoms with E-state index in [1.807, 2.05) is 0 Å². The quantitative estimate of drug-likeness (QED) is 0.558. The smallest absolute Gasteiger partial charge is 0.343 e. The topological polar surface area (TPSA) is 116 Å². The molecule has 0 radical (unpaired) electrons. The zero-order chi connectivity index (χ0) is 23.5. The molecule has 2 heterocycles. The predicted octanol–water partition coefficient (Wildman–Crippen LogP) is 3.56. The van der Waals surface area contributed by atoms with E-state index in [1.165, 1.54) is 20.3 Å². The van der Waals surface area contributed by atoms with Crippen molar-refractivity contribution < 1.29 is 33.3 Å². The van der Waals surface area contributed by atoms with Gasteiger partial charge in [0.15, 0.2) is 11.5 Å². The molecular formula is C24H23NO8. The number of anilines is 1. The lowest BCUT2D eigenvalue weighted by Gasteiger charge is -2.19. The Kier molecular flexibility index (Phi) is 6.12. The number of hydrogen-bond acceptors (Lipinski definition) is 8. The summed E-state index contributed by atoms with van der Waals surface area (Å²) in [7, 11) is 3.01. The van der Waals surface area contributed by atoms with E-state index in [2.05, 4.69) is 5.32 Å². The number of rotatable bonds is 7. The average molecular weight is 453 g/mol. The van der Waals surface area contributed by atoms with Crippen LogP contribution >= 0.6 is 0 Å². The molecule has 1 unspecified atom stereocenters. The number of hydrogen-bond donors (Lipinski definition) is 2. The molecule has 0 saturated heterocycles. The maximum Gasteiger partial charge on any atom is 0.343 e. The van der Waals surface area contributed by atoms with Crippen molar-refractivity contribution in [2.75, 3.05) is 26.3 Å². The van der Waals surface area contributed by atoms with E-state index in [9.17, 15) is 14.7 Å². The third-order valence-electron chi connectivity index (χ3n) is 5.26. The maximum atomic E-state index is 13.0. The largest absolute Gasteiger partial charge is 0.507 e. The molecule has 1 amide bonds. The molecule has 1 atom stereocenters. The van der Waals surface area contributed by atoms with Gasteiger partial charge in [0, 0.05) is 30.2 Å². The summed E-state index contributed by atoms with van der Waals surface area (Å²) in [5.74, 6) is 0.569. The second kappa shape index (κ2) is 9.15. The van der Waals surface area contributed by atoms with Gasteiger partial charge < -0.3 is 33.8 Å². The van der Waals surface area contributed by atoms with Crippen LogP contribution in [0.15, 0.2) is 51.7 Å². The first-order valence-electron chi connectivity index (χ1n) is 10.1. The van der Waals surface area contributed by atoms with Crippen LogP contribution in [0, 0.1) is 6.92 Å². The molecule has 2 N–H and O–H groups in total. The van der Waals surface area contributed by atoms with Gasteiger partial charge >= 0.3 is 5.63 Å². The molecule has 4 rings (SSSR count). The van der Waals surface area contributed by atoms with Crippen molar-refractivity contribution in [3.8, 4) is 28.7 Å². The number of aryl methyl sites for hydroxylation is 1. The molecule has 0 saturated carbocycles. The maximum absolute atomic E-state index is 13.0. The zero-order valence-corrected chi connectivity index (χ0v) is 18.3. The van der Waals surface area contributed by atoms with Gasteiger partial charge in [0.2, 0.25) is 18.4 Å². The summed E-state index contributed by atoms with van der Waals surface area (Å²) < 4.78 is 26.7. The number of carbonyl (C=O) groups excluding carboxylic acids is 1. The number of methoxy groups -OCH3 is 2.